The summed E-state index contributed by atoms with van der Waals surface area (Å²) in [6, 6.07) is 1.85. The van der Waals surface area contributed by atoms with Gasteiger partial charge < -0.3 is 16.4 Å². The summed E-state index contributed by atoms with van der Waals surface area (Å²) in [6.07, 6.45) is 1.31. The molecule has 0 aliphatic rings. The second-order valence-electron chi connectivity index (χ2n) is 5.78. The molecule has 0 radical (unpaired) electrons. The molecule has 4 N–H and O–H groups in total. The highest BCUT2D eigenvalue weighted by molar-refractivity contribution is 5.74. The zero-order valence-electron chi connectivity index (χ0n) is 12.8. The highest BCUT2D eigenvalue weighted by Crippen LogP contribution is 2.22. The quantitative estimate of drug-likeness (QED) is 0.708. The summed E-state index contributed by atoms with van der Waals surface area (Å²) in [5.41, 5.74) is 4.99. The Morgan fingerprint density at radius 3 is 2.20 bits per heavy atom. The molecule has 6 heteroatoms. The van der Waals surface area contributed by atoms with Crippen molar-refractivity contribution in [3.05, 3.63) is 11.9 Å². The molecule has 1 heterocycles. The molecule has 1 aromatic rings. The second kappa shape index (κ2) is 7.07. The second-order valence-corrected chi connectivity index (χ2v) is 5.78. The van der Waals surface area contributed by atoms with Crippen LogP contribution in [0.5, 0.6) is 0 Å². The van der Waals surface area contributed by atoms with Gasteiger partial charge in [0.15, 0.2) is 0 Å². The number of rotatable bonds is 7. The number of amides is 1. The number of hydrogen-bond donors (Lipinski definition) is 3. The third-order valence-corrected chi connectivity index (χ3v) is 2.63. The molecule has 0 spiro atoms. The molecule has 0 bridgehead atoms. The average molecular weight is 279 g/mol. The van der Waals surface area contributed by atoms with Gasteiger partial charge in [-0.15, -0.1) is 0 Å². The van der Waals surface area contributed by atoms with Gasteiger partial charge in [0.25, 0.3) is 0 Å². The number of carbonyl (C=O) groups excluding carboxylic acids is 1. The van der Waals surface area contributed by atoms with E-state index in [0.717, 1.165) is 24.6 Å². The van der Waals surface area contributed by atoms with Crippen LogP contribution in [0.2, 0.25) is 0 Å². The lowest BCUT2D eigenvalue weighted by molar-refractivity contribution is -0.117. The Kier molecular flexibility index (Phi) is 5.73. The normalized spacial score (nSPS) is 11.2. The molecule has 0 atom stereocenters. The molecule has 112 valence electrons. The molecule has 1 aromatic heterocycles. The molecule has 1 amide bonds. The van der Waals surface area contributed by atoms with Gasteiger partial charge in [0.2, 0.25) is 5.91 Å². The van der Waals surface area contributed by atoms with E-state index < -0.39 is 0 Å². The van der Waals surface area contributed by atoms with Crippen molar-refractivity contribution in [3.8, 4) is 0 Å². The number of nitrogens with two attached hydrogens (primary N) is 1. The maximum absolute atomic E-state index is 10.8. The summed E-state index contributed by atoms with van der Waals surface area (Å²) < 4.78 is 0. The largest absolute Gasteiger partial charge is 0.370 e. The van der Waals surface area contributed by atoms with Crippen LogP contribution in [0.3, 0.4) is 0 Å². The van der Waals surface area contributed by atoms with Crippen molar-refractivity contribution in [3.63, 3.8) is 0 Å². The van der Waals surface area contributed by atoms with Gasteiger partial charge in [-0.25, -0.2) is 9.97 Å². The van der Waals surface area contributed by atoms with Gasteiger partial charge in [-0.05, 0) is 6.42 Å². The van der Waals surface area contributed by atoms with Crippen LogP contribution in [0.15, 0.2) is 6.07 Å². The summed E-state index contributed by atoms with van der Waals surface area (Å²) in [6.45, 7) is 9.65. The van der Waals surface area contributed by atoms with Crippen molar-refractivity contribution in [2.24, 2.45) is 5.73 Å². The van der Waals surface area contributed by atoms with Gasteiger partial charge in [0.1, 0.15) is 17.5 Å². The first kappa shape index (κ1) is 16.2. The van der Waals surface area contributed by atoms with E-state index in [1.807, 2.05) is 6.07 Å². The van der Waals surface area contributed by atoms with Crippen LogP contribution in [-0.2, 0) is 10.2 Å². The number of aromatic nitrogens is 2. The van der Waals surface area contributed by atoms with E-state index in [1.54, 1.807) is 0 Å². The first-order valence-corrected chi connectivity index (χ1v) is 6.98. The number of hydrogen-bond acceptors (Lipinski definition) is 5. The minimum Gasteiger partial charge on any atom is -0.370 e. The first-order chi connectivity index (χ1) is 9.32. The van der Waals surface area contributed by atoms with Gasteiger partial charge in [0.05, 0.1) is 0 Å². The molecular weight excluding hydrogens is 254 g/mol. The highest BCUT2D eigenvalue weighted by atomic mass is 16.1. The maximum Gasteiger partial charge on any atom is 0.219 e. The molecule has 0 saturated heterocycles. The Hall–Kier alpha value is -1.85. The van der Waals surface area contributed by atoms with E-state index in [-0.39, 0.29) is 17.7 Å². The van der Waals surface area contributed by atoms with Crippen LogP contribution in [0.1, 0.15) is 46.4 Å². The minimum atomic E-state index is -0.327. The van der Waals surface area contributed by atoms with Crippen molar-refractivity contribution in [2.45, 2.75) is 46.0 Å². The molecule has 0 saturated carbocycles. The molecular formula is C14H25N5O. The predicted octanol–water partition coefficient (Wildman–Crippen LogP) is 1.88. The van der Waals surface area contributed by atoms with E-state index in [0.29, 0.717) is 12.4 Å². The van der Waals surface area contributed by atoms with Gasteiger partial charge in [-0.2, -0.15) is 0 Å². The van der Waals surface area contributed by atoms with Crippen LogP contribution in [0.25, 0.3) is 0 Å². The fourth-order valence-corrected chi connectivity index (χ4v) is 1.53. The number of carbonyl (C=O) groups is 1. The number of nitrogens with one attached hydrogen (secondary N) is 2. The summed E-state index contributed by atoms with van der Waals surface area (Å²) in [7, 11) is 0. The molecule has 0 unspecified atom stereocenters. The molecule has 0 aliphatic heterocycles. The lowest BCUT2D eigenvalue weighted by Crippen LogP contribution is -2.20. The maximum atomic E-state index is 10.8. The molecule has 6 nitrogen and oxygen atoms in total. The van der Waals surface area contributed by atoms with Crippen LogP contribution in [0, 0.1) is 0 Å². The highest BCUT2D eigenvalue weighted by Gasteiger charge is 2.19. The van der Waals surface area contributed by atoms with Crippen molar-refractivity contribution in [1.82, 2.24) is 9.97 Å². The molecule has 0 aliphatic carbocycles. The molecule has 0 fully saturated rings. The fourth-order valence-electron chi connectivity index (χ4n) is 1.53. The fraction of sp³-hybridized carbons (Fsp3) is 0.643. The van der Waals surface area contributed by atoms with Crippen molar-refractivity contribution >= 4 is 17.5 Å². The Morgan fingerprint density at radius 1 is 1.20 bits per heavy atom. The van der Waals surface area contributed by atoms with Crippen molar-refractivity contribution < 1.29 is 4.79 Å². The van der Waals surface area contributed by atoms with E-state index in [1.165, 1.54) is 0 Å². The van der Waals surface area contributed by atoms with E-state index in [9.17, 15) is 4.79 Å². The van der Waals surface area contributed by atoms with Gasteiger partial charge >= 0.3 is 0 Å². The standard InChI is InChI=1S/C14H25N5O/c1-5-7-16-11-9-12(17-8-6-10(15)20)19-13(18-11)14(2,3)4/h9H,5-8H2,1-4H3,(H2,15,20)(H2,16,17,18,19). The number of nitrogens with zero attached hydrogens (tertiary/aromatic N) is 2. The SMILES string of the molecule is CCCNc1cc(NCCC(N)=O)nc(C(C)(C)C)n1. The van der Waals surface area contributed by atoms with E-state index in [2.05, 4.69) is 48.3 Å². The van der Waals surface area contributed by atoms with Crippen molar-refractivity contribution in [2.75, 3.05) is 23.7 Å². The zero-order chi connectivity index (χ0) is 15.2. The van der Waals surface area contributed by atoms with Gasteiger partial charge in [-0.3, -0.25) is 4.79 Å². The van der Waals surface area contributed by atoms with Gasteiger partial charge in [0, 0.05) is 31.0 Å². The molecule has 20 heavy (non-hydrogen) atoms. The van der Waals surface area contributed by atoms with Crippen molar-refractivity contribution in [1.29, 1.82) is 0 Å². The summed E-state index contributed by atoms with van der Waals surface area (Å²) in [5.74, 6) is 1.95. The Labute approximate surface area is 120 Å². The van der Waals surface area contributed by atoms with E-state index >= 15 is 0 Å². The summed E-state index contributed by atoms with van der Waals surface area (Å²) >= 11 is 0. The molecule has 1 rings (SSSR count). The lowest BCUT2D eigenvalue weighted by atomic mass is 9.96. The van der Waals surface area contributed by atoms with Crippen LogP contribution in [0.4, 0.5) is 11.6 Å². The summed E-state index contributed by atoms with van der Waals surface area (Å²) in [4.78, 5) is 19.8. The smallest absolute Gasteiger partial charge is 0.219 e. The van der Waals surface area contributed by atoms with E-state index in [4.69, 9.17) is 5.73 Å². The number of primary amides is 1. The topological polar surface area (TPSA) is 92.9 Å². The minimum absolute atomic E-state index is 0.135. The Balaban J connectivity index is 2.88. The summed E-state index contributed by atoms with van der Waals surface area (Å²) in [5, 5.41) is 6.38. The third-order valence-electron chi connectivity index (χ3n) is 2.63. The monoisotopic (exact) mass is 279 g/mol. The predicted molar refractivity (Wildman–Crippen MR) is 81.8 cm³/mol. The van der Waals surface area contributed by atoms with Gasteiger partial charge in [-0.1, -0.05) is 27.7 Å². The first-order valence-electron chi connectivity index (χ1n) is 6.98. The molecule has 0 aromatic carbocycles. The number of anilines is 2. The van der Waals surface area contributed by atoms with Crippen LogP contribution < -0.4 is 16.4 Å². The lowest BCUT2D eigenvalue weighted by Gasteiger charge is -2.19. The average Bonchev–Trinajstić information content (AvgIpc) is 2.34. The van der Waals surface area contributed by atoms with Crippen LogP contribution >= 0.6 is 0 Å². The third kappa shape index (κ3) is 5.42. The Morgan fingerprint density at radius 2 is 1.75 bits per heavy atom. The zero-order valence-corrected chi connectivity index (χ0v) is 12.8. The van der Waals surface area contributed by atoms with Crippen LogP contribution in [-0.4, -0.2) is 29.0 Å². The Bertz CT molecular complexity index is 453.